The second kappa shape index (κ2) is 9.42. The summed E-state index contributed by atoms with van der Waals surface area (Å²) >= 11 is 7.34. The standard InChI is InChI=1S/C22H23ClN6O3S/c1-11(19(30)25-2)27-20(31)17-10-33-21(28-17)18-7-15(24)9-29(18)22(32)12-3-4-16-13(5-12)6-14(23)8-26-16/h3-6,8,10-11,15,18H,7,9,24H2,1-2H3,(H,25,30)(H,27,31)/t11-,15+,18-/m0/s1. The Labute approximate surface area is 199 Å². The van der Waals surface area contributed by atoms with Gasteiger partial charge in [0.1, 0.15) is 16.7 Å². The van der Waals surface area contributed by atoms with Crippen molar-refractivity contribution in [3.63, 3.8) is 0 Å². The molecule has 3 heterocycles. The van der Waals surface area contributed by atoms with Gasteiger partial charge in [0.15, 0.2) is 0 Å². The highest BCUT2D eigenvalue weighted by Crippen LogP contribution is 2.35. The van der Waals surface area contributed by atoms with Crippen molar-refractivity contribution in [2.45, 2.75) is 31.5 Å². The number of rotatable bonds is 5. The summed E-state index contributed by atoms with van der Waals surface area (Å²) in [6.45, 7) is 1.97. The van der Waals surface area contributed by atoms with Gasteiger partial charge in [-0.25, -0.2) is 4.98 Å². The topological polar surface area (TPSA) is 130 Å². The number of carbonyl (C=O) groups excluding carboxylic acids is 3. The molecule has 0 radical (unpaired) electrons. The summed E-state index contributed by atoms with van der Waals surface area (Å²) in [5, 5.41) is 8.61. The Kier molecular flexibility index (Phi) is 6.59. The van der Waals surface area contributed by atoms with Crippen LogP contribution in [0, 0.1) is 0 Å². The highest BCUT2D eigenvalue weighted by atomic mass is 35.5. The average molecular weight is 487 g/mol. The number of thiazole rings is 1. The lowest BCUT2D eigenvalue weighted by Crippen LogP contribution is -2.43. The molecule has 1 aromatic carbocycles. The Morgan fingerprint density at radius 2 is 2.09 bits per heavy atom. The van der Waals surface area contributed by atoms with E-state index in [0.717, 1.165) is 10.9 Å². The van der Waals surface area contributed by atoms with Gasteiger partial charge < -0.3 is 21.3 Å². The van der Waals surface area contributed by atoms with Gasteiger partial charge in [0.05, 0.1) is 16.6 Å². The van der Waals surface area contributed by atoms with Crippen LogP contribution < -0.4 is 16.4 Å². The van der Waals surface area contributed by atoms with E-state index in [0.29, 0.717) is 28.6 Å². The second-order valence-electron chi connectivity index (χ2n) is 7.91. The third-order valence-electron chi connectivity index (χ3n) is 5.52. The van der Waals surface area contributed by atoms with Crippen molar-refractivity contribution in [2.24, 2.45) is 5.73 Å². The molecule has 0 saturated carbocycles. The monoisotopic (exact) mass is 486 g/mol. The van der Waals surface area contributed by atoms with Gasteiger partial charge in [-0.05, 0) is 37.6 Å². The molecule has 1 aliphatic heterocycles. The van der Waals surface area contributed by atoms with Crippen LogP contribution in [0.2, 0.25) is 5.02 Å². The molecule has 1 fully saturated rings. The van der Waals surface area contributed by atoms with Gasteiger partial charge >= 0.3 is 0 Å². The molecule has 0 bridgehead atoms. The lowest BCUT2D eigenvalue weighted by Gasteiger charge is -2.23. The second-order valence-corrected chi connectivity index (χ2v) is 9.24. The van der Waals surface area contributed by atoms with Gasteiger partial charge in [0, 0.05) is 42.2 Å². The molecule has 33 heavy (non-hydrogen) atoms. The van der Waals surface area contributed by atoms with Crippen LogP contribution in [0.5, 0.6) is 0 Å². The van der Waals surface area contributed by atoms with E-state index >= 15 is 0 Å². The van der Waals surface area contributed by atoms with Gasteiger partial charge in [0.25, 0.3) is 11.8 Å². The Morgan fingerprint density at radius 1 is 1.30 bits per heavy atom. The van der Waals surface area contributed by atoms with Gasteiger partial charge in [0.2, 0.25) is 5.91 Å². The van der Waals surface area contributed by atoms with Crippen molar-refractivity contribution in [3.8, 4) is 0 Å². The van der Waals surface area contributed by atoms with Crippen LogP contribution in [-0.4, -0.2) is 58.3 Å². The summed E-state index contributed by atoms with van der Waals surface area (Å²) in [7, 11) is 1.50. The normalized spacial score (nSPS) is 18.8. The fourth-order valence-electron chi connectivity index (χ4n) is 3.83. The number of nitrogens with zero attached hydrogens (tertiary/aromatic N) is 3. The Balaban J connectivity index is 1.55. The number of benzene rings is 1. The lowest BCUT2D eigenvalue weighted by molar-refractivity contribution is -0.122. The summed E-state index contributed by atoms with van der Waals surface area (Å²) < 4.78 is 0. The molecular formula is C22H23ClN6O3S. The predicted molar refractivity (Wildman–Crippen MR) is 126 cm³/mol. The van der Waals surface area contributed by atoms with Crippen molar-refractivity contribution in [1.29, 1.82) is 0 Å². The largest absolute Gasteiger partial charge is 0.357 e. The fraction of sp³-hybridized carbons (Fsp3) is 0.318. The summed E-state index contributed by atoms with van der Waals surface area (Å²) in [4.78, 5) is 47.9. The van der Waals surface area contributed by atoms with Gasteiger partial charge in [-0.1, -0.05) is 11.6 Å². The maximum absolute atomic E-state index is 13.4. The van der Waals surface area contributed by atoms with Crippen molar-refractivity contribution in [1.82, 2.24) is 25.5 Å². The van der Waals surface area contributed by atoms with Gasteiger partial charge in [-0.15, -0.1) is 11.3 Å². The Morgan fingerprint density at radius 3 is 2.85 bits per heavy atom. The summed E-state index contributed by atoms with van der Waals surface area (Å²) in [6.07, 6.45) is 2.10. The summed E-state index contributed by atoms with van der Waals surface area (Å²) in [6, 6.07) is 5.80. The zero-order valence-corrected chi connectivity index (χ0v) is 19.6. The number of fused-ring (bicyclic) bond motifs is 1. The summed E-state index contributed by atoms with van der Waals surface area (Å²) in [5.74, 6) is -0.929. The highest BCUT2D eigenvalue weighted by Gasteiger charge is 2.37. The molecule has 1 saturated heterocycles. The number of nitrogens with one attached hydrogen (secondary N) is 2. The molecule has 0 unspecified atom stereocenters. The van der Waals surface area contributed by atoms with Crippen LogP contribution >= 0.6 is 22.9 Å². The van der Waals surface area contributed by atoms with Gasteiger partial charge in [-0.2, -0.15) is 0 Å². The third kappa shape index (κ3) is 4.82. The minimum atomic E-state index is -0.693. The molecule has 3 amide bonds. The number of halogens is 1. The first-order valence-corrected chi connectivity index (χ1v) is 11.6. The predicted octanol–water partition coefficient (Wildman–Crippen LogP) is 2.12. The maximum atomic E-state index is 13.4. The van der Waals surface area contributed by atoms with Crippen LogP contribution in [0.25, 0.3) is 10.9 Å². The number of nitrogens with two attached hydrogens (primary N) is 1. The molecular weight excluding hydrogens is 464 g/mol. The highest BCUT2D eigenvalue weighted by molar-refractivity contribution is 7.09. The smallest absolute Gasteiger partial charge is 0.271 e. The number of hydrogen-bond acceptors (Lipinski definition) is 7. The van der Waals surface area contributed by atoms with E-state index in [1.54, 1.807) is 47.7 Å². The fourth-order valence-corrected chi connectivity index (χ4v) is 4.92. The van der Waals surface area contributed by atoms with Crippen molar-refractivity contribution in [2.75, 3.05) is 13.6 Å². The number of carbonyl (C=O) groups is 3. The molecule has 9 nitrogen and oxygen atoms in total. The average Bonchev–Trinajstić information content (AvgIpc) is 3.44. The van der Waals surface area contributed by atoms with E-state index in [9.17, 15) is 14.4 Å². The molecule has 11 heteroatoms. The van der Waals surface area contributed by atoms with Crippen LogP contribution in [0.4, 0.5) is 0 Å². The molecule has 4 N–H and O–H groups in total. The number of likely N-dealkylation sites (tertiary alicyclic amines) is 1. The Bertz CT molecular complexity index is 1230. The van der Waals surface area contributed by atoms with Crippen LogP contribution in [-0.2, 0) is 4.79 Å². The molecule has 0 spiro atoms. The van der Waals surface area contributed by atoms with E-state index in [-0.39, 0.29) is 29.6 Å². The van der Waals surface area contributed by atoms with Crippen LogP contribution in [0.15, 0.2) is 35.8 Å². The zero-order chi connectivity index (χ0) is 23.7. The number of aromatic nitrogens is 2. The minimum Gasteiger partial charge on any atom is -0.357 e. The maximum Gasteiger partial charge on any atom is 0.271 e. The van der Waals surface area contributed by atoms with Crippen molar-refractivity contribution < 1.29 is 14.4 Å². The molecule has 3 atom stereocenters. The number of amides is 3. The number of pyridine rings is 1. The number of likely N-dealkylation sites (N-methyl/N-ethyl adjacent to an activating group) is 1. The minimum absolute atomic E-state index is 0.177. The molecule has 0 aliphatic carbocycles. The third-order valence-corrected chi connectivity index (χ3v) is 6.67. The van der Waals surface area contributed by atoms with E-state index in [4.69, 9.17) is 17.3 Å². The zero-order valence-electron chi connectivity index (χ0n) is 18.0. The van der Waals surface area contributed by atoms with Gasteiger partial charge in [-0.3, -0.25) is 19.4 Å². The van der Waals surface area contributed by atoms with E-state index < -0.39 is 11.9 Å². The first-order chi connectivity index (χ1) is 15.8. The summed E-state index contributed by atoms with van der Waals surface area (Å²) in [5.41, 5.74) is 7.63. The van der Waals surface area contributed by atoms with Crippen LogP contribution in [0.3, 0.4) is 0 Å². The Hall–Kier alpha value is -3.08. The quantitative estimate of drug-likeness (QED) is 0.506. The molecule has 1 aliphatic rings. The molecule has 4 rings (SSSR count). The lowest BCUT2D eigenvalue weighted by atomic mass is 10.1. The first kappa shape index (κ1) is 23.1. The van der Waals surface area contributed by atoms with Crippen molar-refractivity contribution in [3.05, 3.63) is 57.1 Å². The SMILES string of the molecule is CNC(=O)[C@H](C)NC(=O)c1csc([C@@H]2C[C@@H](N)CN2C(=O)c2ccc3ncc(Cl)cc3c2)n1. The molecule has 3 aromatic rings. The van der Waals surface area contributed by atoms with Crippen molar-refractivity contribution >= 4 is 51.6 Å². The van der Waals surface area contributed by atoms with E-state index in [1.807, 2.05) is 0 Å². The van der Waals surface area contributed by atoms with E-state index in [2.05, 4.69) is 20.6 Å². The molecule has 172 valence electrons. The number of hydrogen-bond donors (Lipinski definition) is 3. The molecule has 2 aromatic heterocycles. The van der Waals surface area contributed by atoms with Crippen LogP contribution in [0.1, 0.15) is 45.2 Å². The first-order valence-electron chi connectivity index (χ1n) is 10.4. The van der Waals surface area contributed by atoms with E-state index in [1.165, 1.54) is 18.4 Å².